The molecule has 1 N–H and O–H groups in total. The lowest BCUT2D eigenvalue weighted by Crippen LogP contribution is -2.24. The van der Waals surface area contributed by atoms with Crippen molar-refractivity contribution in [2.75, 3.05) is 20.3 Å². The highest BCUT2D eigenvalue weighted by Gasteiger charge is 2.01. The second-order valence-corrected chi connectivity index (χ2v) is 4.33. The third-order valence-electron chi connectivity index (χ3n) is 2.58. The van der Waals surface area contributed by atoms with E-state index in [0.717, 1.165) is 19.1 Å². The monoisotopic (exact) mass is 201 g/mol. The summed E-state index contributed by atoms with van der Waals surface area (Å²) in [7, 11) is 2.04. The Kier molecular flexibility index (Phi) is 9.42. The molecule has 0 saturated heterocycles. The molecule has 14 heavy (non-hydrogen) atoms. The van der Waals surface area contributed by atoms with Gasteiger partial charge in [0.05, 0.1) is 0 Å². The van der Waals surface area contributed by atoms with Gasteiger partial charge in [0.15, 0.2) is 0 Å². The van der Waals surface area contributed by atoms with Crippen LogP contribution in [-0.4, -0.2) is 26.3 Å². The lowest BCUT2D eigenvalue weighted by atomic mass is 10.1. The van der Waals surface area contributed by atoms with Crippen LogP contribution in [0.4, 0.5) is 0 Å². The fraction of sp³-hybridized carbons (Fsp3) is 1.00. The van der Waals surface area contributed by atoms with Crippen molar-refractivity contribution in [1.29, 1.82) is 0 Å². The molecule has 0 heterocycles. The van der Waals surface area contributed by atoms with Crippen LogP contribution < -0.4 is 5.32 Å². The van der Waals surface area contributed by atoms with Crippen LogP contribution in [0.5, 0.6) is 0 Å². The quantitative estimate of drug-likeness (QED) is 0.579. The van der Waals surface area contributed by atoms with Crippen molar-refractivity contribution in [1.82, 2.24) is 5.32 Å². The molecule has 2 nitrogen and oxygen atoms in total. The highest BCUT2D eigenvalue weighted by atomic mass is 16.5. The van der Waals surface area contributed by atoms with E-state index in [9.17, 15) is 0 Å². The summed E-state index contributed by atoms with van der Waals surface area (Å²) in [6, 6.07) is 0.670. The van der Waals surface area contributed by atoms with Crippen LogP contribution in [0.2, 0.25) is 0 Å². The predicted molar refractivity (Wildman–Crippen MR) is 62.6 cm³/mol. The fourth-order valence-corrected chi connectivity index (χ4v) is 1.41. The molecule has 0 aliphatic rings. The van der Waals surface area contributed by atoms with E-state index >= 15 is 0 Å². The van der Waals surface area contributed by atoms with Crippen LogP contribution in [0.15, 0.2) is 0 Å². The molecule has 0 bridgehead atoms. The van der Waals surface area contributed by atoms with Crippen LogP contribution in [0.25, 0.3) is 0 Å². The van der Waals surface area contributed by atoms with Gasteiger partial charge < -0.3 is 10.1 Å². The highest BCUT2D eigenvalue weighted by molar-refractivity contribution is 4.61. The van der Waals surface area contributed by atoms with E-state index in [1.807, 2.05) is 7.05 Å². The fourth-order valence-electron chi connectivity index (χ4n) is 1.41. The molecule has 0 aliphatic heterocycles. The molecule has 0 aromatic heterocycles. The highest BCUT2D eigenvalue weighted by Crippen LogP contribution is 2.03. The lowest BCUT2D eigenvalue weighted by Gasteiger charge is -2.13. The molecule has 0 aliphatic carbocycles. The van der Waals surface area contributed by atoms with Crippen LogP contribution in [-0.2, 0) is 4.74 Å². The number of hydrogen-bond acceptors (Lipinski definition) is 2. The van der Waals surface area contributed by atoms with Gasteiger partial charge in [-0.05, 0) is 38.6 Å². The summed E-state index contributed by atoms with van der Waals surface area (Å²) in [5.74, 6) is 0.760. The summed E-state index contributed by atoms with van der Waals surface area (Å²) < 4.78 is 5.56. The van der Waals surface area contributed by atoms with E-state index in [1.165, 1.54) is 25.7 Å². The Morgan fingerprint density at radius 2 is 1.86 bits per heavy atom. The number of hydrogen-bond donors (Lipinski definition) is 1. The number of ether oxygens (including phenoxy) is 1. The first kappa shape index (κ1) is 13.9. The Bertz CT molecular complexity index is 111. The van der Waals surface area contributed by atoms with Gasteiger partial charge in [0, 0.05) is 19.3 Å². The zero-order chi connectivity index (χ0) is 10.8. The topological polar surface area (TPSA) is 21.3 Å². The van der Waals surface area contributed by atoms with E-state index in [0.29, 0.717) is 6.04 Å². The molecule has 0 radical (unpaired) electrons. The second kappa shape index (κ2) is 9.47. The normalized spacial score (nSPS) is 13.5. The minimum atomic E-state index is 0.670. The SMILES string of the molecule is CCC(CCCOCCC(C)C)NC. The molecule has 0 aromatic rings. The minimum absolute atomic E-state index is 0.670. The van der Waals surface area contributed by atoms with Crippen molar-refractivity contribution in [3.8, 4) is 0 Å². The maximum absolute atomic E-state index is 5.56. The Hall–Kier alpha value is -0.0800. The predicted octanol–water partition coefficient (Wildman–Crippen LogP) is 2.83. The summed E-state index contributed by atoms with van der Waals surface area (Å²) >= 11 is 0. The first-order valence-electron chi connectivity index (χ1n) is 5.95. The maximum atomic E-state index is 5.56. The third-order valence-corrected chi connectivity index (χ3v) is 2.58. The zero-order valence-corrected chi connectivity index (χ0v) is 10.3. The molecule has 86 valence electrons. The first-order chi connectivity index (χ1) is 6.70. The lowest BCUT2D eigenvalue weighted by molar-refractivity contribution is 0.118. The van der Waals surface area contributed by atoms with Gasteiger partial charge in [-0.2, -0.15) is 0 Å². The molecule has 0 rings (SSSR count). The Morgan fingerprint density at radius 1 is 1.14 bits per heavy atom. The molecule has 0 saturated carbocycles. The summed E-state index contributed by atoms with van der Waals surface area (Å²) in [5.41, 5.74) is 0. The zero-order valence-electron chi connectivity index (χ0n) is 10.3. The molecular weight excluding hydrogens is 174 g/mol. The van der Waals surface area contributed by atoms with Crippen molar-refractivity contribution in [3.05, 3.63) is 0 Å². The number of rotatable bonds is 9. The maximum Gasteiger partial charge on any atom is 0.0468 e. The van der Waals surface area contributed by atoms with Crippen molar-refractivity contribution in [2.45, 2.75) is 52.5 Å². The first-order valence-corrected chi connectivity index (χ1v) is 5.95. The van der Waals surface area contributed by atoms with E-state index in [1.54, 1.807) is 0 Å². The van der Waals surface area contributed by atoms with E-state index < -0.39 is 0 Å². The van der Waals surface area contributed by atoms with Crippen LogP contribution in [0.1, 0.15) is 46.5 Å². The van der Waals surface area contributed by atoms with Gasteiger partial charge in [0.1, 0.15) is 0 Å². The molecule has 1 unspecified atom stereocenters. The minimum Gasteiger partial charge on any atom is -0.381 e. The van der Waals surface area contributed by atoms with E-state index in [-0.39, 0.29) is 0 Å². The van der Waals surface area contributed by atoms with Gasteiger partial charge >= 0.3 is 0 Å². The van der Waals surface area contributed by atoms with Gasteiger partial charge in [-0.1, -0.05) is 20.8 Å². The second-order valence-electron chi connectivity index (χ2n) is 4.33. The summed E-state index contributed by atoms with van der Waals surface area (Å²) in [4.78, 5) is 0. The van der Waals surface area contributed by atoms with Crippen molar-refractivity contribution in [3.63, 3.8) is 0 Å². The molecule has 0 spiro atoms. The Labute approximate surface area is 89.4 Å². The molecular formula is C12H27NO. The summed E-state index contributed by atoms with van der Waals surface area (Å²) in [6.45, 7) is 8.54. The van der Waals surface area contributed by atoms with Gasteiger partial charge in [0.25, 0.3) is 0 Å². The average molecular weight is 201 g/mol. The van der Waals surface area contributed by atoms with Gasteiger partial charge in [0.2, 0.25) is 0 Å². The summed E-state index contributed by atoms with van der Waals surface area (Å²) in [5, 5.41) is 3.31. The Balaban J connectivity index is 3.12. The van der Waals surface area contributed by atoms with Gasteiger partial charge in [-0.25, -0.2) is 0 Å². The van der Waals surface area contributed by atoms with Crippen LogP contribution in [0.3, 0.4) is 0 Å². The Morgan fingerprint density at radius 3 is 2.36 bits per heavy atom. The third kappa shape index (κ3) is 8.52. The molecule has 0 aromatic carbocycles. The molecule has 0 fully saturated rings. The standard InChI is InChI=1S/C12H27NO/c1-5-12(13-4)7-6-9-14-10-8-11(2)3/h11-13H,5-10H2,1-4H3. The van der Waals surface area contributed by atoms with Crippen molar-refractivity contribution >= 4 is 0 Å². The smallest absolute Gasteiger partial charge is 0.0468 e. The summed E-state index contributed by atoms with van der Waals surface area (Å²) in [6.07, 6.45) is 4.80. The molecule has 0 amide bonds. The van der Waals surface area contributed by atoms with Crippen molar-refractivity contribution < 1.29 is 4.74 Å². The number of nitrogens with one attached hydrogen (secondary N) is 1. The molecule has 2 heteroatoms. The van der Waals surface area contributed by atoms with Gasteiger partial charge in [-0.15, -0.1) is 0 Å². The molecule has 1 atom stereocenters. The van der Waals surface area contributed by atoms with Gasteiger partial charge in [-0.3, -0.25) is 0 Å². The average Bonchev–Trinajstić information content (AvgIpc) is 2.16. The van der Waals surface area contributed by atoms with E-state index in [4.69, 9.17) is 4.74 Å². The largest absolute Gasteiger partial charge is 0.381 e. The van der Waals surface area contributed by atoms with Crippen LogP contribution >= 0.6 is 0 Å². The van der Waals surface area contributed by atoms with E-state index in [2.05, 4.69) is 26.1 Å². The van der Waals surface area contributed by atoms with Crippen molar-refractivity contribution in [2.24, 2.45) is 5.92 Å². The van der Waals surface area contributed by atoms with Crippen LogP contribution in [0, 0.1) is 5.92 Å².